The highest BCUT2D eigenvalue weighted by atomic mass is 32.5. The third kappa shape index (κ3) is 6.11. The maximum atomic E-state index is 12.8. The molecular weight excluding hydrogens is 423 g/mol. The van der Waals surface area contributed by atoms with Crippen LogP contribution in [0.2, 0.25) is 0 Å². The molecule has 8 heteroatoms. The van der Waals surface area contributed by atoms with E-state index < -0.39 is 21.1 Å². The molecule has 0 aliphatic heterocycles. The number of hydrogen-bond acceptors (Lipinski definition) is 2. The van der Waals surface area contributed by atoms with Gasteiger partial charge in [-0.1, -0.05) is 52.0 Å². The Kier molecular flexibility index (Phi) is 6.22. The minimum Gasteiger partial charge on any atom is -0.426 e. The van der Waals surface area contributed by atoms with Crippen LogP contribution in [0.4, 0.5) is 19.4 Å². The van der Waals surface area contributed by atoms with E-state index in [-0.39, 0.29) is 23.8 Å². The van der Waals surface area contributed by atoms with Crippen molar-refractivity contribution in [2.24, 2.45) is 23.7 Å². The van der Waals surface area contributed by atoms with E-state index in [1.165, 1.54) is 38.5 Å². The molecule has 2 saturated carbocycles. The molecule has 1 aromatic carbocycles. The van der Waals surface area contributed by atoms with Crippen molar-refractivity contribution < 1.29 is 29.0 Å². The van der Waals surface area contributed by atoms with Crippen molar-refractivity contribution in [1.29, 1.82) is 0 Å². The van der Waals surface area contributed by atoms with Gasteiger partial charge in [0.05, 0.1) is 5.92 Å². The van der Waals surface area contributed by atoms with Gasteiger partial charge in [-0.15, -0.1) is 0 Å². The third-order valence-corrected chi connectivity index (χ3v) is 8.01. The number of carbonyl (C=O) groups excluding carboxylic acids is 1. The van der Waals surface area contributed by atoms with Crippen molar-refractivity contribution in [2.45, 2.75) is 76.0 Å². The summed E-state index contributed by atoms with van der Waals surface area (Å²) in [7, 11) is -9.71. The van der Waals surface area contributed by atoms with Gasteiger partial charge in [-0.05, 0) is 80.5 Å². The van der Waals surface area contributed by atoms with Gasteiger partial charge in [0, 0.05) is 0 Å². The van der Waals surface area contributed by atoms with E-state index in [4.69, 9.17) is 4.74 Å². The molecule has 0 atom stereocenters. The second kappa shape index (κ2) is 7.99. The van der Waals surface area contributed by atoms with Crippen LogP contribution in [0.25, 0.3) is 0 Å². The average molecular weight is 455 g/mol. The lowest BCUT2D eigenvalue weighted by molar-refractivity contribution is -0.140. The number of carbonyl (C=O) groups is 1. The van der Waals surface area contributed by atoms with Gasteiger partial charge < -0.3 is 4.74 Å². The van der Waals surface area contributed by atoms with Crippen LogP contribution >= 0.6 is 10.2 Å². The SMILES string of the molecule is CCC[C@H]1CC[C@H]([C@H]2CC[C@H](C(=O)Oc3ccc(S(F)(F)(F)(F)F)cc3)CC2)CC1. The molecule has 30 heavy (non-hydrogen) atoms. The lowest BCUT2D eigenvalue weighted by Crippen LogP contribution is -2.30. The molecule has 0 amide bonds. The van der Waals surface area contributed by atoms with Gasteiger partial charge >= 0.3 is 16.2 Å². The number of benzene rings is 1. The molecule has 0 heterocycles. The first-order chi connectivity index (χ1) is 13.9. The summed E-state index contributed by atoms with van der Waals surface area (Å²) in [4.78, 5) is 10.4. The fourth-order valence-electron chi connectivity index (χ4n) is 5.15. The van der Waals surface area contributed by atoms with Gasteiger partial charge in [0.25, 0.3) is 0 Å². The van der Waals surface area contributed by atoms with Gasteiger partial charge in [0.1, 0.15) is 10.6 Å². The second-order valence-corrected chi connectivity index (χ2v) is 11.5. The van der Waals surface area contributed by atoms with Crippen LogP contribution in [0.1, 0.15) is 71.1 Å². The number of hydrogen-bond donors (Lipinski definition) is 0. The lowest BCUT2D eigenvalue weighted by Gasteiger charge is -2.40. The minimum atomic E-state index is -9.71. The molecule has 0 bridgehead atoms. The Morgan fingerprint density at radius 2 is 1.37 bits per heavy atom. The van der Waals surface area contributed by atoms with Crippen LogP contribution < -0.4 is 4.74 Å². The molecule has 0 unspecified atom stereocenters. The van der Waals surface area contributed by atoms with E-state index >= 15 is 0 Å². The summed E-state index contributed by atoms with van der Waals surface area (Å²) in [6, 6.07) is 2.11. The molecule has 0 aromatic heterocycles. The zero-order valence-corrected chi connectivity index (χ0v) is 18.1. The monoisotopic (exact) mass is 454 g/mol. The first kappa shape index (κ1) is 23.4. The highest BCUT2D eigenvalue weighted by molar-refractivity contribution is 8.45. The Morgan fingerprint density at radius 3 is 1.83 bits per heavy atom. The Labute approximate surface area is 175 Å². The van der Waals surface area contributed by atoms with Gasteiger partial charge in [-0.3, -0.25) is 4.79 Å². The molecule has 2 nitrogen and oxygen atoms in total. The molecule has 172 valence electrons. The molecule has 2 aliphatic rings. The molecule has 2 fully saturated rings. The fraction of sp³-hybridized carbons (Fsp3) is 0.682. The number of ether oxygens (including phenoxy) is 1. The van der Waals surface area contributed by atoms with Gasteiger partial charge in [-0.25, -0.2) is 0 Å². The van der Waals surface area contributed by atoms with Crippen LogP contribution in [0.5, 0.6) is 5.75 Å². The van der Waals surface area contributed by atoms with E-state index in [0.29, 0.717) is 18.8 Å². The van der Waals surface area contributed by atoms with Crippen LogP contribution in [0.15, 0.2) is 29.2 Å². The van der Waals surface area contributed by atoms with Crippen LogP contribution in [-0.2, 0) is 4.79 Å². The maximum absolute atomic E-state index is 12.8. The van der Waals surface area contributed by atoms with Gasteiger partial charge in [0.15, 0.2) is 0 Å². The smallest absolute Gasteiger partial charge is 0.314 e. The largest absolute Gasteiger partial charge is 0.426 e. The molecular formula is C22H31F5O2S. The summed E-state index contributed by atoms with van der Waals surface area (Å²) < 4.78 is 69.0. The predicted molar refractivity (Wildman–Crippen MR) is 109 cm³/mol. The van der Waals surface area contributed by atoms with Gasteiger partial charge in [0.2, 0.25) is 0 Å². The molecule has 2 aliphatic carbocycles. The summed E-state index contributed by atoms with van der Waals surface area (Å²) in [6.45, 7) is 2.23. The zero-order chi connectivity index (χ0) is 22.1. The minimum absolute atomic E-state index is 0.137. The maximum Gasteiger partial charge on any atom is 0.314 e. The van der Waals surface area contributed by atoms with Crippen molar-refractivity contribution >= 4 is 16.2 Å². The summed E-state index contributed by atoms with van der Waals surface area (Å²) in [5.74, 6) is 1.32. The van der Waals surface area contributed by atoms with Crippen molar-refractivity contribution in [3.63, 3.8) is 0 Å². The zero-order valence-electron chi connectivity index (χ0n) is 17.3. The predicted octanol–water partition coefficient (Wildman–Crippen LogP) is 8.66. The summed E-state index contributed by atoms with van der Waals surface area (Å²) >= 11 is 0. The third-order valence-electron chi connectivity index (χ3n) is 6.85. The second-order valence-electron chi connectivity index (χ2n) is 9.04. The van der Waals surface area contributed by atoms with E-state index in [2.05, 4.69) is 6.92 Å². The average Bonchev–Trinajstić information content (AvgIpc) is 2.68. The van der Waals surface area contributed by atoms with Crippen LogP contribution in [0.3, 0.4) is 0 Å². The lowest BCUT2D eigenvalue weighted by atomic mass is 9.69. The quantitative estimate of drug-likeness (QED) is 0.244. The van der Waals surface area contributed by atoms with Crippen molar-refractivity contribution in [3.05, 3.63) is 24.3 Å². The summed E-state index contributed by atoms with van der Waals surface area (Å²) in [5.41, 5.74) is 0. The van der Waals surface area contributed by atoms with E-state index in [1.54, 1.807) is 0 Å². The van der Waals surface area contributed by atoms with Gasteiger partial charge in [-0.2, -0.15) is 0 Å². The molecule has 3 rings (SSSR count). The molecule has 1 aromatic rings. The Morgan fingerprint density at radius 1 is 0.867 bits per heavy atom. The van der Waals surface area contributed by atoms with Crippen LogP contribution in [-0.4, -0.2) is 5.97 Å². The van der Waals surface area contributed by atoms with E-state index in [1.807, 2.05) is 0 Å². The summed E-state index contributed by atoms with van der Waals surface area (Å²) in [5, 5.41) is 0. The molecule has 0 saturated heterocycles. The molecule has 0 radical (unpaired) electrons. The van der Waals surface area contributed by atoms with Crippen LogP contribution in [0, 0.1) is 23.7 Å². The number of esters is 1. The highest BCUT2D eigenvalue weighted by Crippen LogP contribution is 3.02. The van der Waals surface area contributed by atoms with Crippen molar-refractivity contribution in [3.8, 4) is 5.75 Å². The van der Waals surface area contributed by atoms with Crippen molar-refractivity contribution in [2.75, 3.05) is 0 Å². The van der Waals surface area contributed by atoms with E-state index in [0.717, 1.165) is 36.8 Å². The van der Waals surface area contributed by atoms with Crippen molar-refractivity contribution in [1.82, 2.24) is 0 Å². The fourth-order valence-corrected chi connectivity index (χ4v) is 5.80. The number of halogens is 5. The standard InChI is InChI=1S/C22H31F5O2S/c1-2-3-16-4-6-17(7-5-16)18-8-10-19(11-9-18)22(28)29-20-12-14-21(15-13-20)30(23,24,25,26)27/h12-19H,2-11H2,1H3/t16-,17-,18-,19-. The Bertz CT molecular complexity index is 731. The molecule has 0 N–H and O–H groups in total. The first-order valence-corrected chi connectivity index (χ1v) is 12.9. The number of rotatable bonds is 6. The highest BCUT2D eigenvalue weighted by Gasteiger charge is 2.65. The Hall–Kier alpha value is -1.31. The van der Waals surface area contributed by atoms with E-state index in [9.17, 15) is 24.2 Å². The topological polar surface area (TPSA) is 26.3 Å². The Balaban J connectivity index is 1.48. The molecule has 0 spiro atoms. The first-order valence-electron chi connectivity index (χ1n) is 10.9. The normalized spacial score (nSPS) is 30.2. The summed E-state index contributed by atoms with van der Waals surface area (Å²) in [6.07, 6.45) is 11.0.